The maximum Gasteiger partial charge on any atom is 0.224 e. The van der Waals surface area contributed by atoms with E-state index in [0.717, 1.165) is 12.8 Å². The summed E-state index contributed by atoms with van der Waals surface area (Å²) in [6, 6.07) is 13.7. The summed E-state index contributed by atoms with van der Waals surface area (Å²) in [7, 11) is 0. The number of pyridine rings is 1. The SMILES string of the molecule is CC(=O)c1cccnc1OCCCc1ccccc1. The minimum atomic E-state index is -0.0221. The maximum atomic E-state index is 11.4. The van der Waals surface area contributed by atoms with E-state index in [0.29, 0.717) is 18.1 Å². The van der Waals surface area contributed by atoms with Crippen molar-refractivity contribution >= 4 is 5.78 Å². The number of ketones is 1. The van der Waals surface area contributed by atoms with Crippen LogP contribution in [0.3, 0.4) is 0 Å². The number of nitrogens with zero attached hydrogens (tertiary/aromatic N) is 1. The average Bonchev–Trinajstić information content (AvgIpc) is 2.45. The Morgan fingerprint density at radius 1 is 1.16 bits per heavy atom. The summed E-state index contributed by atoms with van der Waals surface area (Å²) in [5, 5.41) is 0. The number of hydrogen-bond donors (Lipinski definition) is 0. The largest absolute Gasteiger partial charge is 0.477 e. The molecule has 3 heteroatoms. The van der Waals surface area contributed by atoms with Gasteiger partial charge in [0.05, 0.1) is 12.2 Å². The number of Topliss-reactive ketones (excluding diaryl/α,β-unsaturated/α-hetero) is 1. The molecule has 1 heterocycles. The predicted molar refractivity (Wildman–Crippen MR) is 74.5 cm³/mol. The minimum absolute atomic E-state index is 0.0221. The van der Waals surface area contributed by atoms with E-state index in [1.165, 1.54) is 12.5 Å². The molecule has 0 unspecified atom stereocenters. The van der Waals surface area contributed by atoms with Crippen LogP contribution in [0.5, 0.6) is 5.88 Å². The molecular weight excluding hydrogens is 238 g/mol. The molecule has 2 aromatic rings. The van der Waals surface area contributed by atoms with Gasteiger partial charge in [-0.2, -0.15) is 0 Å². The summed E-state index contributed by atoms with van der Waals surface area (Å²) in [5.41, 5.74) is 1.83. The van der Waals surface area contributed by atoms with Crippen molar-refractivity contribution in [3.8, 4) is 5.88 Å². The molecule has 0 radical (unpaired) electrons. The molecule has 0 aliphatic carbocycles. The number of hydrogen-bond acceptors (Lipinski definition) is 3. The van der Waals surface area contributed by atoms with Crippen molar-refractivity contribution in [3.63, 3.8) is 0 Å². The smallest absolute Gasteiger partial charge is 0.224 e. The van der Waals surface area contributed by atoms with Crippen molar-refractivity contribution in [2.45, 2.75) is 19.8 Å². The van der Waals surface area contributed by atoms with Crippen molar-refractivity contribution in [3.05, 3.63) is 59.8 Å². The van der Waals surface area contributed by atoms with Crippen molar-refractivity contribution in [2.24, 2.45) is 0 Å². The van der Waals surface area contributed by atoms with Gasteiger partial charge in [0.2, 0.25) is 5.88 Å². The standard InChI is InChI=1S/C16H17NO2/c1-13(18)15-10-5-11-17-16(15)19-12-6-9-14-7-3-2-4-8-14/h2-5,7-8,10-11H,6,9,12H2,1H3. The zero-order valence-electron chi connectivity index (χ0n) is 11.0. The van der Waals surface area contributed by atoms with Gasteiger partial charge in [-0.3, -0.25) is 4.79 Å². The highest BCUT2D eigenvalue weighted by Crippen LogP contribution is 2.15. The molecule has 19 heavy (non-hydrogen) atoms. The zero-order valence-corrected chi connectivity index (χ0v) is 11.0. The van der Waals surface area contributed by atoms with Gasteiger partial charge in [-0.05, 0) is 37.5 Å². The molecule has 1 aromatic carbocycles. The van der Waals surface area contributed by atoms with Crippen LogP contribution in [0.2, 0.25) is 0 Å². The fraction of sp³-hybridized carbons (Fsp3) is 0.250. The summed E-state index contributed by atoms with van der Waals surface area (Å²) in [6.45, 7) is 2.08. The molecule has 3 nitrogen and oxygen atoms in total. The molecule has 0 N–H and O–H groups in total. The normalized spacial score (nSPS) is 10.2. The van der Waals surface area contributed by atoms with Crippen molar-refractivity contribution in [2.75, 3.05) is 6.61 Å². The number of aryl methyl sites for hydroxylation is 1. The van der Waals surface area contributed by atoms with Gasteiger partial charge >= 0.3 is 0 Å². The van der Waals surface area contributed by atoms with Gasteiger partial charge in [0.1, 0.15) is 0 Å². The fourth-order valence-corrected chi connectivity index (χ4v) is 1.86. The fourth-order valence-electron chi connectivity index (χ4n) is 1.86. The van der Waals surface area contributed by atoms with Gasteiger partial charge in [-0.1, -0.05) is 30.3 Å². The van der Waals surface area contributed by atoms with E-state index in [-0.39, 0.29) is 5.78 Å². The Labute approximate surface area is 113 Å². The minimum Gasteiger partial charge on any atom is -0.477 e. The van der Waals surface area contributed by atoms with Crippen LogP contribution in [-0.2, 0) is 6.42 Å². The molecule has 1 aromatic heterocycles. The average molecular weight is 255 g/mol. The number of carbonyl (C=O) groups is 1. The summed E-state index contributed by atoms with van der Waals surface area (Å²) < 4.78 is 5.59. The lowest BCUT2D eigenvalue weighted by Crippen LogP contribution is -2.05. The third kappa shape index (κ3) is 3.91. The van der Waals surface area contributed by atoms with Gasteiger partial charge in [-0.25, -0.2) is 4.98 Å². The van der Waals surface area contributed by atoms with Gasteiger partial charge in [0, 0.05) is 6.20 Å². The second kappa shape index (κ2) is 6.69. The van der Waals surface area contributed by atoms with Crippen LogP contribution < -0.4 is 4.74 Å². The number of carbonyl (C=O) groups excluding carboxylic acids is 1. The van der Waals surface area contributed by atoms with Crippen molar-refractivity contribution < 1.29 is 9.53 Å². The Bertz CT molecular complexity index is 537. The van der Waals surface area contributed by atoms with Crippen LogP contribution in [0.15, 0.2) is 48.7 Å². The summed E-state index contributed by atoms with van der Waals surface area (Å²) in [4.78, 5) is 15.5. The first kappa shape index (κ1) is 13.3. The van der Waals surface area contributed by atoms with Gasteiger partial charge in [0.15, 0.2) is 5.78 Å². The second-order valence-corrected chi connectivity index (χ2v) is 4.35. The first-order valence-electron chi connectivity index (χ1n) is 6.40. The van der Waals surface area contributed by atoms with Crippen LogP contribution in [0.4, 0.5) is 0 Å². The molecule has 0 saturated carbocycles. The molecule has 0 atom stereocenters. The third-order valence-electron chi connectivity index (χ3n) is 2.84. The highest BCUT2D eigenvalue weighted by molar-refractivity contribution is 5.96. The van der Waals surface area contributed by atoms with Crippen LogP contribution in [0.25, 0.3) is 0 Å². The topological polar surface area (TPSA) is 39.2 Å². The lowest BCUT2D eigenvalue weighted by Gasteiger charge is -2.08. The number of aromatic nitrogens is 1. The quantitative estimate of drug-likeness (QED) is 0.587. The number of ether oxygens (including phenoxy) is 1. The predicted octanol–water partition coefficient (Wildman–Crippen LogP) is 3.30. The van der Waals surface area contributed by atoms with Gasteiger partial charge in [0.25, 0.3) is 0 Å². The third-order valence-corrected chi connectivity index (χ3v) is 2.84. The van der Waals surface area contributed by atoms with E-state index in [1.807, 2.05) is 18.2 Å². The lowest BCUT2D eigenvalue weighted by molar-refractivity contribution is 0.101. The van der Waals surface area contributed by atoms with E-state index in [1.54, 1.807) is 18.3 Å². The lowest BCUT2D eigenvalue weighted by atomic mass is 10.1. The Balaban J connectivity index is 1.85. The van der Waals surface area contributed by atoms with E-state index in [2.05, 4.69) is 17.1 Å². The summed E-state index contributed by atoms with van der Waals surface area (Å²) >= 11 is 0. The van der Waals surface area contributed by atoms with E-state index in [9.17, 15) is 4.79 Å². The van der Waals surface area contributed by atoms with E-state index in [4.69, 9.17) is 4.74 Å². The Morgan fingerprint density at radius 3 is 2.68 bits per heavy atom. The van der Waals surface area contributed by atoms with Gasteiger partial charge in [-0.15, -0.1) is 0 Å². The molecule has 98 valence electrons. The highest BCUT2D eigenvalue weighted by atomic mass is 16.5. The molecule has 0 spiro atoms. The van der Waals surface area contributed by atoms with Crippen LogP contribution in [0.1, 0.15) is 29.3 Å². The molecule has 0 bridgehead atoms. The van der Waals surface area contributed by atoms with Crippen molar-refractivity contribution in [1.82, 2.24) is 4.98 Å². The van der Waals surface area contributed by atoms with Crippen LogP contribution in [0, 0.1) is 0 Å². The summed E-state index contributed by atoms with van der Waals surface area (Å²) in [5.74, 6) is 0.411. The van der Waals surface area contributed by atoms with Crippen molar-refractivity contribution in [1.29, 1.82) is 0 Å². The second-order valence-electron chi connectivity index (χ2n) is 4.35. The summed E-state index contributed by atoms with van der Waals surface area (Å²) in [6.07, 6.45) is 3.50. The zero-order chi connectivity index (χ0) is 13.5. The molecule has 0 aliphatic heterocycles. The molecule has 0 saturated heterocycles. The van der Waals surface area contributed by atoms with E-state index < -0.39 is 0 Å². The molecule has 0 fully saturated rings. The van der Waals surface area contributed by atoms with Crippen LogP contribution in [-0.4, -0.2) is 17.4 Å². The van der Waals surface area contributed by atoms with Crippen LogP contribution >= 0.6 is 0 Å². The Kier molecular flexibility index (Phi) is 4.67. The Morgan fingerprint density at radius 2 is 1.95 bits per heavy atom. The Hall–Kier alpha value is -2.16. The first-order valence-corrected chi connectivity index (χ1v) is 6.40. The van der Waals surface area contributed by atoms with Gasteiger partial charge < -0.3 is 4.74 Å². The molecule has 2 rings (SSSR count). The highest BCUT2D eigenvalue weighted by Gasteiger charge is 2.08. The molecular formula is C16H17NO2. The number of benzene rings is 1. The maximum absolute atomic E-state index is 11.4. The van der Waals surface area contributed by atoms with E-state index >= 15 is 0 Å². The first-order chi connectivity index (χ1) is 9.27. The number of rotatable bonds is 6. The molecule has 0 amide bonds. The monoisotopic (exact) mass is 255 g/mol. The molecule has 0 aliphatic rings.